The van der Waals surface area contributed by atoms with Crippen molar-refractivity contribution >= 4 is 16.9 Å². The molecule has 2 rings (SSSR count). The smallest absolute Gasteiger partial charge is 0.130 e. The lowest BCUT2D eigenvalue weighted by molar-refractivity contribution is -0.620. The molecule has 0 unspecified atom stereocenters. The first-order valence-corrected chi connectivity index (χ1v) is 4.01. The summed E-state index contributed by atoms with van der Waals surface area (Å²) in [6.45, 7) is 0. The Morgan fingerprint density at radius 1 is 1.45 bits per heavy atom. The Balaban J connectivity index is 2.29. The van der Waals surface area contributed by atoms with Crippen LogP contribution in [0.2, 0.25) is 0 Å². The molecule has 0 amide bonds. The van der Waals surface area contributed by atoms with Gasteiger partial charge in [0.1, 0.15) is 16.8 Å². The number of nitrogens with two attached hydrogens (primary N) is 1. The van der Waals surface area contributed by atoms with E-state index < -0.39 is 0 Å². The summed E-state index contributed by atoms with van der Waals surface area (Å²) in [5.74, 6) is 0. The molecule has 0 atom stereocenters. The highest BCUT2D eigenvalue weighted by Crippen LogP contribution is 2.21. The third kappa shape index (κ3) is 1.40. The standard InChI is InChI=1S/C6H6N4S/c1-2-8-5(3-7-1)6-4-9-10-11-6/h1-4,9-10H/p+1. The minimum absolute atomic E-state index is 0.916. The molecule has 1 aliphatic heterocycles. The van der Waals surface area contributed by atoms with Crippen molar-refractivity contribution in [2.45, 2.75) is 0 Å². The SMILES string of the molecule is C1=C(c2cnccn2)SN[NH2+]1. The van der Waals surface area contributed by atoms with Crippen molar-refractivity contribution in [1.29, 1.82) is 0 Å². The second-order valence-electron chi connectivity index (χ2n) is 2.01. The molecule has 1 aromatic rings. The van der Waals surface area contributed by atoms with Crippen LogP contribution in [0.25, 0.3) is 4.91 Å². The molecule has 1 aliphatic rings. The number of hydrogen-bond donors (Lipinski definition) is 2. The van der Waals surface area contributed by atoms with Gasteiger partial charge >= 0.3 is 0 Å². The maximum atomic E-state index is 4.15. The van der Waals surface area contributed by atoms with Gasteiger partial charge in [-0.2, -0.15) is 0 Å². The van der Waals surface area contributed by atoms with E-state index in [1.807, 2.05) is 11.6 Å². The highest BCUT2D eigenvalue weighted by Gasteiger charge is 2.11. The van der Waals surface area contributed by atoms with E-state index >= 15 is 0 Å². The lowest BCUT2D eigenvalue weighted by Gasteiger charge is -1.92. The first kappa shape index (κ1) is 6.78. The Labute approximate surface area is 68.2 Å². The van der Waals surface area contributed by atoms with Crippen molar-refractivity contribution in [3.8, 4) is 0 Å². The third-order valence-electron chi connectivity index (χ3n) is 1.29. The quantitative estimate of drug-likeness (QED) is 0.437. The molecule has 1 aromatic heterocycles. The van der Waals surface area contributed by atoms with Crippen molar-refractivity contribution in [2.75, 3.05) is 0 Å². The van der Waals surface area contributed by atoms with E-state index in [4.69, 9.17) is 0 Å². The van der Waals surface area contributed by atoms with E-state index in [0.29, 0.717) is 0 Å². The van der Waals surface area contributed by atoms with Gasteiger partial charge < -0.3 is 0 Å². The van der Waals surface area contributed by atoms with Crippen molar-refractivity contribution in [2.24, 2.45) is 0 Å². The number of hydrogen-bond acceptors (Lipinski definition) is 4. The molecule has 0 aromatic carbocycles. The largest absolute Gasteiger partial charge is 0.261 e. The van der Waals surface area contributed by atoms with Crippen LogP contribution in [0, 0.1) is 0 Å². The first-order chi connectivity index (χ1) is 5.47. The van der Waals surface area contributed by atoms with Crippen LogP contribution in [0.4, 0.5) is 0 Å². The topological polar surface area (TPSA) is 54.4 Å². The Morgan fingerprint density at radius 3 is 3.09 bits per heavy atom. The predicted octanol–water partition coefficient (Wildman–Crippen LogP) is -0.495. The van der Waals surface area contributed by atoms with Gasteiger partial charge in [-0.3, -0.25) is 9.97 Å². The fraction of sp³-hybridized carbons (Fsp3) is 0. The fourth-order valence-electron chi connectivity index (χ4n) is 0.805. The number of nitrogens with one attached hydrogen (secondary N) is 1. The highest BCUT2D eigenvalue weighted by atomic mass is 32.2. The maximum absolute atomic E-state index is 4.15. The Hall–Kier alpha value is -0.910. The lowest BCUT2D eigenvalue weighted by Crippen LogP contribution is -2.83. The van der Waals surface area contributed by atoms with Crippen molar-refractivity contribution in [3.63, 3.8) is 0 Å². The zero-order valence-electron chi connectivity index (χ0n) is 5.69. The second-order valence-corrected chi connectivity index (χ2v) is 2.89. The minimum Gasteiger partial charge on any atom is -0.261 e. The van der Waals surface area contributed by atoms with Gasteiger partial charge in [0.25, 0.3) is 0 Å². The minimum atomic E-state index is 0.916. The first-order valence-electron chi connectivity index (χ1n) is 3.19. The van der Waals surface area contributed by atoms with Crippen molar-refractivity contribution < 1.29 is 5.43 Å². The molecule has 0 fully saturated rings. The molecule has 0 spiro atoms. The van der Waals surface area contributed by atoms with Gasteiger partial charge in [-0.25, -0.2) is 5.43 Å². The summed E-state index contributed by atoms with van der Waals surface area (Å²) in [5, 5.41) is 0. The molecule has 5 heteroatoms. The molecule has 0 saturated heterocycles. The average Bonchev–Trinajstić information content (AvgIpc) is 2.58. The van der Waals surface area contributed by atoms with Gasteiger partial charge in [0, 0.05) is 24.3 Å². The third-order valence-corrected chi connectivity index (χ3v) is 2.11. The molecule has 2 heterocycles. The summed E-state index contributed by atoms with van der Waals surface area (Å²) in [6, 6.07) is 0. The zero-order valence-corrected chi connectivity index (χ0v) is 6.51. The number of rotatable bonds is 1. The van der Waals surface area contributed by atoms with E-state index in [2.05, 4.69) is 14.8 Å². The monoisotopic (exact) mass is 167 g/mol. The maximum Gasteiger partial charge on any atom is 0.130 e. The summed E-state index contributed by atoms with van der Waals surface area (Å²) in [5.41, 5.74) is 2.80. The van der Waals surface area contributed by atoms with Crippen LogP contribution < -0.4 is 10.3 Å². The second kappa shape index (κ2) is 3.00. The lowest BCUT2D eigenvalue weighted by atomic mass is 10.4. The van der Waals surface area contributed by atoms with Crippen LogP contribution in [0.3, 0.4) is 0 Å². The van der Waals surface area contributed by atoms with Crippen LogP contribution >= 0.6 is 11.9 Å². The fourth-order valence-corrected chi connectivity index (χ4v) is 1.41. The summed E-state index contributed by atoms with van der Waals surface area (Å²) >= 11 is 1.55. The highest BCUT2D eigenvalue weighted by molar-refractivity contribution is 8.06. The Morgan fingerprint density at radius 2 is 2.45 bits per heavy atom. The summed E-state index contributed by atoms with van der Waals surface area (Å²) in [4.78, 5) is 12.2. The van der Waals surface area contributed by atoms with Crippen LogP contribution in [-0.4, -0.2) is 9.97 Å². The van der Waals surface area contributed by atoms with E-state index in [0.717, 1.165) is 10.6 Å². The van der Waals surface area contributed by atoms with Crippen LogP contribution in [0.5, 0.6) is 0 Å². The van der Waals surface area contributed by atoms with Gasteiger partial charge in [-0.05, 0) is 0 Å². The van der Waals surface area contributed by atoms with E-state index in [-0.39, 0.29) is 0 Å². The average molecular weight is 167 g/mol. The number of nitrogens with zero attached hydrogens (tertiary/aromatic N) is 2. The number of aromatic nitrogens is 2. The molecule has 56 valence electrons. The summed E-state index contributed by atoms with van der Waals surface area (Å²) in [7, 11) is 0. The summed E-state index contributed by atoms with van der Waals surface area (Å²) in [6.07, 6.45) is 7.09. The van der Waals surface area contributed by atoms with E-state index in [1.165, 1.54) is 0 Å². The molecule has 0 aliphatic carbocycles. The Kier molecular flexibility index (Phi) is 1.85. The van der Waals surface area contributed by atoms with Gasteiger partial charge in [-0.1, -0.05) is 0 Å². The normalized spacial score (nSPS) is 16.5. The van der Waals surface area contributed by atoms with Gasteiger partial charge in [0.15, 0.2) is 0 Å². The van der Waals surface area contributed by atoms with Crippen molar-refractivity contribution in [3.05, 3.63) is 30.5 Å². The number of quaternary nitrogens is 1. The molecule has 4 nitrogen and oxygen atoms in total. The van der Waals surface area contributed by atoms with Crippen LogP contribution in [0.15, 0.2) is 24.8 Å². The molecule has 0 radical (unpaired) electrons. The molecular weight excluding hydrogens is 160 g/mol. The molecule has 0 bridgehead atoms. The molecule has 0 saturated carbocycles. The van der Waals surface area contributed by atoms with Gasteiger partial charge in [0.2, 0.25) is 0 Å². The predicted molar refractivity (Wildman–Crippen MR) is 42.7 cm³/mol. The van der Waals surface area contributed by atoms with Gasteiger partial charge in [0.05, 0.1) is 6.20 Å². The van der Waals surface area contributed by atoms with E-state index in [9.17, 15) is 0 Å². The molecule has 11 heavy (non-hydrogen) atoms. The van der Waals surface area contributed by atoms with E-state index in [1.54, 1.807) is 30.5 Å². The molecular formula is C6H7N4S+. The van der Waals surface area contributed by atoms with Crippen molar-refractivity contribution in [1.82, 2.24) is 14.8 Å². The summed E-state index contributed by atoms with van der Waals surface area (Å²) < 4.78 is 0. The zero-order chi connectivity index (χ0) is 7.52. The van der Waals surface area contributed by atoms with Crippen LogP contribution in [-0.2, 0) is 0 Å². The molecule has 3 N–H and O–H groups in total. The van der Waals surface area contributed by atoms with Gasteiger partial charge in [-0.15, -0.1) is 4.83 Å². The Bertz CT molecular complexity index is 271. The van der Waals surface area contributed by atoms with Crippen LogP contribution in [0.1, 0.15) is 5.69 Å².